The Hall–Kier alpha value is -5.53. The van der Waals surface area contributed by atoms with Gasteiger partial charge in [-0.15, -0.1) is 0 Å². The number of alkyl halides is 9. The highest BCUT2D eigenvalue weighted by atomic mass is 32.3. The van der Waals surface area contributed by atoms with Crippen molar-refractivity contribution in [2.45, 2.75) is 150 Å². The van der Waals surface area contributed by atoms with Crippen LogP contribution < -0.4 is 23.7 Å². The monoisotopic (exact) mass is 1060 g/mol. The molecule has 0 unspecified atom stereocenters. The summed E-state index contributed by atoms with van der Waals surface area (Å²) in [6.07, 6.45) is -7.35. The molecule has 6 aromatic carbocycles. The summed E-state index contributed by atoms with van der Waals surface area (Å²) in [5.74, 6) is -15.4. The number of fused-ring (bicyclic) bond motifs is 3. The van der Waals surface area contributed by atoms with Crippen LogP contribution in [0.2, 0.25) is 0 Å². The smallest absolute Gasteiger partial charge is 0.460 e. The molecule has 392 valence electrons. The second-order valence-corrected chi connectivity index (χ2v) is 25.4. The van der Waals surface area contributed by atoms with E-state index in [9.17, 15) is 30.4 Å². The normalized spacial score (nSPS) is 14.1. The molecule has 0 heterocycles. The van der Waals surface area contributed by atoms with Crippen molar-refractivity contribution in [1.29, 1.82) is 0 Å². The average molecular weight is 1060 g/mol. The molecule has 0 atom stereocenters. The fraction of sp³-hybridized carbons (Fsp3) is 0.396. The van der Waals surface area contributed by atoms with Crippen LogP contribution in [-0.2, 0) is 20.4 Å². The summed E-state index contributed by atoms with van der Waals surface area (Å²) in [7, 11) is -12.3. The summed E-state index contributed by atoms with van der Waals surface area (Å²) in [5, 5.41) is -3.56. The van der Waals surface area contributed by atoms with E-state index in [0.717, 1.165) is 51.4 Å². The molecule has 0 spiro atoms. The quantitative estimate of drug-likeness (QED) is 0.0742. The van der Waals surface area contributed by atoms with Gasteiger partial charge in [0.05, 0.1) is 0 Å². The molecule has 0 fully saturated rings. The van der Waals surface area contributed by atoms with Crippen LogP contribution in [0.3, 0.4) is 0 Å². The topological polar surface area (TPSA) is 89.5 Å². The summed E-state index contributed by atoms with van der Waals surface area (Å²) >= 11 is 0. The Kier molecular flexibility index (Phi) is 14.8. The van der Waals surface area contributed by atoms with Gasteiger partial charge in [-0.25, -0.2) is 3.63 Å². The van der Waals surface area contributed by atoms with E-state index in [2.05, 4.69) is 0 Å². The van der Waals surface area contributed by atoms with Gasteiger partial charge < -0.3 is 23.7 Å². The van der Waals surface area contributed by atoms with Gasteiger partial charge in [0.2, 0.25) is 0 Å². The number of benzene rings is 6. The molecule has 0 aliphatic carbocycles. The van der Waals surface area contributed by atoms with Crippen molar-refractivity contribution in [2.24, 2.45) is 0 Å². The highest BCUT2D eigenvalue weighted by Crippen LogP contribution is 2.73. The molecule has 0 saturated heterocycles. The van der Waals surface area contributed by atoms with Gasteiger partial charge in [-0.1, -0.05) is 48.5 Å². The molecule has 0 aliphatic heterocycles. The molecule has 8 nitrogen and oxygen atoms in total. The minimum atomic E-state index is -7.64. The van der Waals surface area contributed by atoms with Crippen LogP contribution >= 0.6 is 10.3 Å². The van der Waals surface area contributed by atoms with Gasteiger partial charge >= 0.3 is 33.4 Å². The third-order valence-corrected chi connectivity index (χ3v) is 15.4. The lowest BCUT2D eigenvalue weighted by Crippen LogP contribution is -2.63. The van der Waals surface area contributed by atoms with Crippen LogP contribution in [0.1, 0.15) is 88.6 Å². The minimum absolute atomic E-state index is 0.0228. The number of rotatable bonds is 15. The van der Waals surface area contributed by atoms with Crippen molar-refractivity contribution in [3.63, 3.8) is 0 Å². The molecule has 6 aromatic rings. The second kappa shape index (κ2) is 19.1. The summed E-state index contributed by atoms with van der Waals surface area (Å²) in [5.41, 5.74) is -3.21. The molecule has 72 heavy (non-hydrogen) atoms. The van der Waals surface area contributed by atoms with E-state index in [4.69, 9.17) is 27.3 Å². The maximum Gasteiger partial charge on any atom is 0.460 e. The first-order valence-corrected chi connectivity index (χ1v) is 25.4. The molecular formula is C53H57F9O8S2. The van der Waals surface area contributed by atoms with Gasteiger partial charge in [-0.3, -0.25) is 0 Å². The van der Waals surface area contributed by atoms with E-state index in [1.165, 1.54) is 36.4 Å². The Bertz CT molecular complexity index is 2960. The standard InChI is InChI=1S/C53H57F9O8S2/c1-46(2,3)66-42-27-25-37(30-44(42)68-48(7,8)9)71(38-26-28-43(67-47(4,5)6)45(31-38)69-49(10,11)12,70-72(63,64)53(61,62)51(56,57)50(54,55)52(58,59)60)36-23-21-35(22-24-36)65-32-34-29-33-17-13-14-18-39(33)41-20-16-15-19-40(34)41/h13-31H,32H2,1-12H3. The molecule has 0 bridgehead atoms. The van der Waals surface area contributed by atoms with Crippen LogP contribution in [-0.4, -0.2) is 54.1 Å². The third kappa shape index (κ3) is 11.6. The number of ether oxygens (including phenoxy) is 5. The van der Waals surface area contributed by atoms with Gasteiger partial charge in [-0.05, 0) is 187 Å². The maximum absolute atomic E-state index is 16.2. The maximum atomic E-state index is 16.2. The Morgan fingerprint density at radius 1 is 0.431 bits per heavy atom. The molecule has 0 amide bonds. The summed E-state index contributed by atoms with van der Waals surface area (Å²) < 4.78 is 198. The molecular weight excluding hydrogens is 1000 g/mol. The third-order valence-electron chi connectivity index (χ3n) is 10.2. The molecule has 0 saturated carbocycles. The van der Waals surface area contributed by atoms with Crippen LogP contribution in [0, 0.1) is 0 Å². The lowest BCUT2D eigenvalue weighted by Gasteiger charge is -2.42. The van der Waals surface area contributed by atoms with Crippen LogP contribution in [0.4, 0.5) is 39.5 Å². The highest BCUT2D eigenvalue weighted by Gasteiger charge is 2.86. The fourth-order valence-electron chi connectivity index (χ4n) is 7.34. The largest absolute Gasteiger partial charge is 0.489 e. The van der Waals surface area contributed by atoms with E-state index in [-0.39, 0.29) is 40.2 Å². The number of hydrogen-bond acceptors (Lipinski definition) is 8. The molecule has 19 heteroatoms. The minimum Gasteiger partial charge on any atom is -0.489 e. The number of halogens is 9. The first-order chi connectivity index (χ1) is 32.8. The molecule has 0 radical (unpaired) electrons. The van der Waals surface area contributed by atoms with Gasteiger partial charge in [0, 0.05) is 14.7 Å². The van der Waals surface area contributed by atoms with E-state index in [0.29, 0.717) is 0 Å². The Balaban J connectivity index is 1.67. The van der Waals surface area contributed by atoms with Gasteiger partial charge in [0.25, 0.3) is 0 Å². The molecule has 0 N–H and O–H groups in total. The summed E-state index contributed by atoms with van der Waals surface area (Å²) in [6.45, 7) is 19.9. The lowest BCUT2D eigenvalue weighted by molar-refractivity contribution is -0.382. The zero-order chi connectivity index (χ0) is 53.9. The molecule has 6 rings (SSSR count). The van der Waals surface area contributed by atoms with Gasteiger partial charge in [0.1, 0.15) is 34.8 Å². The van der Waals surface area contributed by atoms with Crippen molar-refractivity contribution < 1.29 is 75.2 Å². The summed E-state index contributed by atoms with van der Waals surface area (Å²) in [4.78, 5) is -1.22. The second-order valence-electron chi connectivity index (χ2n) is 20.9. The fourth-order valence-corrected chi connectivity index (χ4v) is 12.5. The lowest BCUT2D eigenvalue weighted by atomic mass is 9.98. The molecule has 0 aliphatic rings. The van der Waals surface area contributed by atoms with E-state index in [1.807, 2.05) is 54.6 Å². The van der Waals surface area contributed by atoms with Crippen molar-refractivity contribution in [3.8, 4) is 28.7 Å². The van der Waals surface area contributed by atoms with E-state index >= 15 is 17.6 Å². The highest BCUT2D eigenvalue weighted by molar-refractivity contribution is 8.33. The SMILES string of the molecule is CC(C)(C)Oc1ccc(S(OS(=O)(=O)C(F)(F)C(F)(F)C(F)(F)C(F)(F)F)(c2ccc(OCc3cc4ccccc4c4ccccc34)cc2)c2ccc(OC(C)(C)C)c(OC(C)(C)C)c2)cc1OC(C)(C)C. The Labute approximate surface area is 415 Å². The van der Waals surface area contributed by atoms with Crippen molar-refractivity contribution in [1.82, 2.24) is 0 Å². The first kappa shape index (κ1) is 55.8. The Morgan fingerprint density at radius 3 is 1.28 bits per heavy atom. The van der Waals surface area contributed by atoms with Gasteiger partial charge in [0.15, 0.2) is 23.0 Å². The predicted molar refractivity (Wildman–Crippen MR) is 260 cm³/mol. The van der Waals surface area contributed by atoms with E-state index in [1.54, 1.807) is 83.1 Å². The van der Waals surface area contributed by atoms with Crippen molar-refractivity contribution in [3.05, 3.63) is 121 Å². The van der Waals surface area contributed by atoms with Crippen LogP contribution in [0.15, 0.2) is 130 Å². The van der Waals surface area contributed by atoms with E-state index < -0.39 is 75.9 Å². The number of hydrogen-bond donors (Lipinski definition) is 0. The van der Waals surface area contributed by atoms with Crippen molar-refractivity contribution in [2.75, 3.05) is 0 Å². The van der Waals surface area contributed by atoms with Crippen LogP contribution in [0.25, 0.3) is 21.5 Å². The van der Waals surface area contributed by atoms with Crippen molar-refractivity contribution >= 4 is 42.0 Å². The zero-order valence-corrected chi connectivity index (χ0v) is 43.3. The first-order valence-electron chi connectivity index (χ1n) is 22.4. The zero-order valence-electron chi connectivity index (χ0n) is 41.7. The Morgan fingerprint density at radius 2 is 0.833 bits per heavy atom. The van der Waals surface area contributed by atoms with Crippen LogP contribution in [0.5, 0.6) is 28.7 Å². The average Bonchev–Trinajstić information content (AvgIpc) is 3.23. The molecule has 0 aromatic heterocycles. The van der Waals surface area contributed by atoms with Gasteiger partial charge in [-0.2, -0.15) is 47.9 Å². The summed E-state index contributed by atoms with van der Waals surface area (Å²) in [6, 6.07) is 29.3. The predicted octanol–water partition coefficient (Wildman–Crippen LogP) is 16.2.